The number of aryl methyl sites for hydroxylation is 1. The number of alkyl halides is 1. The van der Waals surface area contributed by atoms with Crippen molar-refractivity contribution in [3.63, 3.8) is 0 Å². The van der Waals surface area contributed by atoms with E-state index in [4.69, 9.17) is 5.73 Å². The molecule has 1 heterocycles. The average molecular weight is 250 g/mol. The third kappa shape index (κ3) is 2.01. The Hall–Kier alpha value is -0.590. The van der Waals surface area contributed by atoms with Gasteiger partial charge in [-0.05, 0) is 0 Å². The second-order valence-corrected chi connectivity index (χ2v) is 3.42. The van der Waals surface area contributed by atoms with Gasteiger partial charge in [-0.1, -0.05) is 15.9 Å². The van der Waals surface area contributed by atoms with Crippen molar-refractivity contribution in [2.45, 2.75) is 12.2 Å². The quantitative estimate of drug-likeness (QED) is 0.648. The number of aliphatic hydroxyl groups is 2. The molecule has 1 aromatic rings. The predicted octanol–water partition coefficient (Wildman–Crippen LogP) is -0.209. The van der Waals surface area contributed by atoms with Crippen LogP contribution < -0.4 is 5.73 Å². The van der Waals surface area contributed by atoms with Crippen LogP contribution in [0.4, 0.5) is 5.82 Å². The molecule has 0 spiro atoms. The van der Waals surface area contributed by atoms with Gasteiger partial charge in [0.15, 0.2) is 0 Å². The van der Waals surface area contributed by atoms with Crippen molar-refractivity contribution in [2.24, 2.45) is 7.05 Å². The standard InChI is InChI=1S/C7H12BrN3O2/c1-11-7(9)4(3-10-11)6(13)5(12)2-8/h3,5-6,12-13H,2,9H2,1H3. The lowest BCUT2D eigenvalue weighted by Gasteiger charge is -2.14. The molecule has 5 nitrogen and oxygen atoms in total. The molecule has 0 fully saturated rings. The normalized spacial score (nSPS) is 15.7. The van der Waals surface area contributed by atoms with Gasteiger partial charge >= 0.3 is 0 Å². The van der Waals surface area contributed by atoms with Gasteiger partial charge in [0.2, 0.25) is 0 Å². The van der Waals surface area contributed by atoms with Crippen LogP contribution in [0.25, 0.3) is 0 Å². The molecule has 0 aromatic carbocycles. The summed E-state index contributed by atoms with van der Waals surface area (Å²) < 4.78 is 1.44. The van der Waals surface area contributed by atoms with E-state index in [-0.39, 0.29) is 0 Å². The lowest BCUT2D eigenvalue weighted by molar-refractivity contribution is 0.0347. The molecule has 0 saturated carbocycles. The SMILES string of the molecule is Cn1ncc(C(O)C(O)CBr)c1N. The summed E-state index contributed by atoms with van der Waals surface area (Å²) in [5.74, 6) is 0.368. The molecule has 1 rings (SSSR count). The van der Waals surface area contributed by atoms with E-state index in [2.05, 4.69) is 21.0 Å². The second-order valence-electron chi connectivity index (χ2n) is 2.78. The Kier molecular flexibility index (Phi) is 3.29. The molecule has 0 aliphatic rings. The number of hydrogen-bond donors (Lipinski definition) is 3. The van der Waals surface area contributed by atoms with E-state index in [1.54, 1.807) is 7.05 Å². The Morgan fingerprint density at radius 1 is 1.69 bits per heavy atom. The molecule has 74 valence electrons. The van der Waals surface area contributed by atoms with E-state index in [1.807, 2.05) is 0 Å². The van der Waals surface area contributed by atoms with Crippen LogP contribution in [0.5, 0.6) is 0 Å². The van der Waals surface area contributed by atoms with Crippen LogP contribution in [-0.4, -0.2) is 31.4 Å². The molecule has 13 heavy (non-hydrogen) atoms. The lowest BCUT2D eigenvalue weighted by atomic mass is 10.1. The summed E-state index contributed by atoms with van der Waals surface area (Å²) in [5, 5.41) is 23.0. The molecule has 0 saturated heterocycles. The van der Waals surface area contributed by atoms with Crippen LogP contribution in [0.15, 0.2) is 6.20 Å². The van der Waals surface area contributed by atoms with Gasteiger partial charge in [0.25, 0.3) is 0 Å². The van der Waals surface area contributed by atoms with Crippen LogP contribution in [0.3, 0.4) is 0 Å². The van der Waals surface area contributed by atoms with Gasteiger partial charge in [0.05, 0.1) is 12.3 Å². The van der Waals surface area contributed by atoms with Gasteiger partial charge in [-0.25, -0.2) is 0 Å². The first kappa shape index (κ1) is 10.5. The number of aliphatic hydroxyl groups excluding tert-OH is 2. The fourth-order valence-electron chi connectivity index (χ4n) is 0.984. The number of nitrogen functional groups attached to an aromatic ring is 1. The van der Waals surface area contributed by atoms with E-state index in [9.17, 15) is 10.2 Å². The average Bonchev–Trinajstić information content (AvgIpc) is 2.45. The molecule has 2 atom stereocenters. The van der Waals surface area contributed by atoms with Crippen molar-refractivity contribution in [1.29, 1.82) is 0 Å². The predicted molar refractivity (Wildman–Crippen MR) is 52.4 cm³/mol. The highest BCUT2D eigenvalue weighted by atomic mass is 79.9. The number of rotatable bonds is 3. The summed E-state index contributed by atoms with van der Waals surface area (Å²) in [4.78, 5) is 0. The molecule has 0 radical (unpaired) electrons. The van der Waals surface area contributed by atoms with E-state index in [1.165, 1.54) is 10.9 Å². The number of anilines is 1. The third-order valence-electron chi connectivity index (χ3n) is 1.86. The zero-order chi connectivity index (χ0) is 10.0. The minimum Gasteiger partial charge on any atom is -0.389 e. The Bertz CT molecular complexity index is 289. The van der Waals surface area contributed by atoms with Gasteiger partial charge in [-0.15, -0.1) is 0 Å². The first-order chi connectivity index (χ1) is 6.07. The molecule has 1 aromatic heterocycles. The molecule has 6 heteroatoms. The fraction of sp³-hybridized carbons (Fsp3) is 0.571. The Morgan fingerprint density at radius 3 is 2.69 bits per heavy atom. The Labute approximate surface area is 84.3 Å². The van der Waals surface area contributed by atoms with Crippen molar-refractivity contribution in [3.05, 3.63) is 11.8 Å². The van der Waals surface area contributed by atoms with Crippen molar-refractivity contribution in [1.82, 2.24) is 9.78 Å². The summed E-state index contributed by atoms with van der Waals surface area (Å²) in [6, 6.07) is 0. The van der Waals surface area contributed by atoms with Crippen molar-refractivity contribution >= 4 is 21.7 Å². The minimum atomic E-state index is -0.993. The summed E-state index contributed by atoms with van der Waals surface area (Å²) in [7, 11) is 1.67. The van der Waals surface area contributed by atoms with Gasteiger partial charge < -0.3 is 15.9 Å². The highest BCUT2D eigenvalue weighted by Crippen LogP contribution is 2.22. The zero-order valence-corrected chi connectivity index (χ0v) is 8.77. The van der Waals surface area contributed by atoms with Gasteiger partial charge in [0.1, 0.15) is 11.9 Å². The smallest absolute Gasteiger partial charge is 0.127 e. The molecule has 0 amide bonds. The molecule has 0 bridgehead atoms. The van der Waals surface area contributed by atoms with Crippen molar-refractivity contribution < 1.29 is 10.2 Å². The summed E-state index contributed by atoms with van der Waals surface area (Å²) in [5.41, 5.74) is 6.06. The summed E-state index contributed by atoms with van der Waals surface area (Å²) >= 11 is 3.07. The molecule has 0 aliphatic carbocycles. The molecule has 0 aliphatic heterocycles. The largest absolute Gasteiger partial charge is 0.389 e. The topological polar surface area (TPSA) is 84.3 Å². The molecular weight excluding hydrogens is 238 g/mol. The fourth-order valence-corrected chi connectivity index (χ4v) is 1.34. The van der Waals surface area contributed by atoms with E-state index in [0.717, 1.165) is 0 Å². The van der Waals surface area contributed by atoms with Gasteiger partial charge in [-0.3, -0.25) is 4.68 Å². The third-order valence-corrected chi connectivity index (χ3v) is 2.52. The maximum absolute atomic E-state index is 9.57. The Morgan fingerprint density at radius 2 is 2.31 bits per heavy atom. The molecule has 4 N–H and O–H groups in total. The maximum Gasteiger partial charge on any atom is 0.127 e. The van der Waals surface area contributed by atoms with Crippen LogP contribution in [0, 0.1) is 0 Å². The summed E-state index contributed by atoms with van der Waals surface area (Å²) in [6.07, 6.45) is -0.411. The number of halogens is 1. The highest BCUT2D eigenvalue weighted by Gasteiger charge is 2.21. The van der Waals surface area contributed by atoms with E-state index >= 15 is 0 Å². The van der Waals surface area contributed by atoms with Crippen LogP contribution in [-0.2, 0) is 7.05 Å². The number of aromatic nitrogens is 2. The van der Waals surface area contributed by atoms with E-state index in [0.29, 0.717) is 16.7 Å². The van der Waals surface area contributed by atoms with Crippen LogP contribution in [0.1, 0.15) is 11.7 Å². The minimum absolute atomic E-state index is 0.294. The van der Waals surface area contributed by atoms with Crippen LogP contribution in [0.2, 0.25) is 0 Å². The van der Waals surface area contributed by atoms with Gasteiger partial charge in [0, 0.05) is 17.9 Å². The number of nitrogens with zero attached hydrogens (tertiary/aromatic N) is 2. The van der Waals surface area contributed by atoms with Gasteiger partial charge in [-0.2, -0.15) is 5.10 Å². The summed E-state index contributed by atoms with van der Waals surface area (Å²) in [6.45, 7) is 0. The number of hydrogen-bond acceptors (Lipinski definition) is 4. The second kappa shape index (κ2) is 4.08. The van der Waals surface area contributed by atoms with E-state index < -0.39 is 12.2 Å². The maximum atomic E-state index is 9.57. The zero-order valence-electron chi connectivity index (χ0n) is 7.18. The van der Waals surface area contributed by atoms with Crippen molar-refractivity contribution in [2.75, 3.05) is 11.1 Å². The van der Waals surface area contributed by atoms with Crippen molar-refractivity contribution in [3.8, 4) is 0 Å². The Balaban J connectivity index is 2.88. The number of nitrogens with two attached hydrogens (primary N) is 1. The molecule has 2 unspecified atom stereocenters. The lowest BCUT2D eigenvalue weighted by Crippen LogP contribution is -2.20. The first-order valence-electron chi connectivity index (χ1n) is 3.77. The van der Waals surface area contributed by atoms with Crippen LogP contribution >= 0.6 is 15.9 Å². The monoisotopic (exact) mass is 249 g/mol. The molecular formula is C7H12BrN3O2. The highest BCUT2D eigenvalue weighted by molar-refractivity contribution is 9.09. The first-order valence-corrected chi connectivity index (χ1v) is 4.89.